The number of sulfonamides is 1. The quantitative estimate of drug-likeness (QED) is 0.733. The van der Waals surface area contributed by atoms with Gasteiger partial charge in [-0.2, -0.15) is 17.6 Å². The monoisotopic (exact) mass is 241 g/mol. The fourth-order valence-corrected chi connectivity index (χ4v) is 1.34. The van der Waals surface area contributed by atoms with Gasteiger partial charge in [-0.15, -0.1) is 0 Å². The van der Waals surface area contributed by atoms with Crippen LogP contribution in [0.15, 0.2) is 0 Å². The number of hydrogen-bond donors (Lipinski definition) is 1. The van der Waals surface area contributed by atoms with Crippen molar-refractivity contribution in [3.8, 4) is 0 Å². The second kappa shape index (κ2) is 3.97. The normalized spacial score (nSPS) is 14.4. The zero-order chi connectivity index (χ0) is 11.6. The lowest BCUT2D eigenvalue weighted by atomic mass is 10.2. The fourth-order valence-electron chi connectivity index (χ4n) is 0.589. The summed E-state index contributed by atoms with van der Waals surface area (Å²) >= 11 is 0. The summed E-state index contributed by atoms with van der Waals surface area (Å²) in [5.41, 5.74) is 0. The zero-order valence-electron chi connectivity index (χ0n) is 7.03. The largest absolute Gasteiger partial charge is 0.420 e. The minimum Gasteiger partial charge on any atom is -0.251 e. The topological polar surface area (TPSA) is 46.2 Å². The highest BCUT2D eigenvalue weighted by molar-refractivity contribution is 7.90. The van der Waals surface area contributed by atoms with E-state index in [0.29, 0.717) is 7.05 Å². The second-order valence-corrected chi connectivity index (χ2v) is 4.30. The van der Waals surface area contributed by atoms with Gasteiger partial charge in [0.25, 0.3) is 10.0 Å². The van der Waals surface area contributed by atoms with E-state index in [1.165, 1.54) is 0 Å². The molecule has 0 bridgehead atoms. The van der Waals surface area contributed by atoms with E-state index < -0.39 is 34.3 Å². The first-order chi connectivity index (χ1) is 6.12. The predicted molar refractivity (Wildman–Crippen MR) is 38.5 cm³/mol. The molecule has 0 unspecified atom stereocenters. The number of hydrogen-bond acceptors (Lipinski definition) is 2. The van der Waals surface area contributed by atoms with Gasteiger partial charge >= 0.3 is 11.2 Å². The van der Waals surface area contributed by atoms with Crippen LogP contribution in [-0.2, 0) is 10.0 Å². The number of alkyl halides is 5. The Hall–Kier alpha value is -0.440. The summed E-state index contributed by atoms with van der Waals surface area (Å²) in [7, 11) is -4.91. The molecule has 1 N–H and O–H groups in total. The maximum absolute atomic E-state index is 12.6. The minimum atomic E-state index is -5.48. The third-order valence-corrected chi connectivity index (χ3v) is 2.95. The molecule has 0 saturated heterocycles. The van der Waals surface area contributed by atoms with Gasteiger partial charge in [0, 0.05) is 6.42 Å². The van der Waals surface area contributed by atoms with Gasteiger partial charge < -0.3 is 0 Å². The number of rotatable bonds is 5. The summed E-state index contributed by atoms with van der Waals surface area (Å²) in [5.74, 6) is -4.93. The van der Waals surface area contributed by atoms with Crippen LogP contribution in [-0.4, -0.2) is 33.3 Å². The van der Waals surface area contributed by atoms with Crippen LogP contribution in [0.25, 0.3) is 0 Å². The molecule has 9 heteroatoms. The van der Waals surface area contributed by atoms with Crippen molar-refractivity contribution >= 4 is 10.0 Å². The molecule has 0 aromatic heterocycles. The van der Waals surface area contributed by atoms with Crippen molar-refractivity contribution in [1.29, 1.82) is 0 Å². The molecule has 3 nitrogen and oxygen atoms in total. The lowest BCUT2D eigenvalue weighted by Crippen LogP contribution is -2.51. The molecule has 0 radical (unpaired) electrons. The molecular formula is C5H8F5NO2S. The summed E-state index contributed by atoms with van der Waals surface area (Å²) in [6.45, 7) is -1.73. The highest BCUT2D eigenvalue weighted by atomic mass is 32.2. The van der Waals surface area contributed by atoms with E-state index in [1.807, 2.05) is 0 Å². The molecule has 0 fully saturated rings. The van der Waals surface area contributed by atoms with E-state index in [2.05, 4.69) is 0 Å². The Morgan fingerprint density at radius 2 is 1.64 bits per heavy atom. The van der Waals surface area contributed by atoms with Crippen LogP contribution < -0.4 is 4.72 Å². The van der Waals surface area contributed by atoms with E-state index in [9.17, 15) is 30.4 Å². The zero-order valence-corrected chi connectivity index (χ0v) is 7.85. The van der Waals surface area contributed by atoms with Crippen LogP contribution in [0.3, 0.4) is 0 Å². The van der Waals surface area contributed by atoms with Gasteiger partial charge in [-0.25, -0.2) is 13.1 Å². The molecule has 0 aliphatic carbocycles. The minimum absolute atomic E-state index is 0.564. The Balaban J connectivity index is 5.14. The van der Waals surface area contributed by atoms with Crippen molar-refractivity contribution in [1.82, 2.24) is 4.72 Å². The molecule has 0 aromatic rings. The van der Waals surface area contributed by atoms with Crippen molar-refractivity contribution in [2.75, 3.05) is 13.7 Å². The maximum atomic E-state index is 12.6. The third-order valence-electron chi connectivity index (χ3n) is 1.44. The van der Waals surface area contributed by atoms with Gasteiger partial charge in [0.15, 0.2) is 0 Å². The van der Waals surface area contributed by atoms with Gasteiger partial charge in [0.05, 0.1) is 6.67 Å². The van der Waals surface area contributed by atoms with Gasteiger partial charge in [0.2, 0.25) is 0 Å². The third kappa shape index (κ3) is 2.14. The molecule has 0 aliphatic rings. The van der Waals surface area contributed by atoms with Crippen LogP contribution in [0.5, 0.6) is 0 Å². The smallest absolute Gasteiger partial charge is 0.251 e. The Kier molecular flexibility index (Phi) is 3.85. The Labute approximate surface area is 77.3 Å². The average Bonchev–Trinajstić information content (AvgIpc) is 2.03. The van der Waals surface area contributed by atoms with Crippen molar-refractivity contribution in [3.63, 3.8) is 0 Å². The van der Waals surface area contributed by atoms with E-state index in [4.69, 9.17) is 0 Å². The Morgan fingerprint density at radius 1 is 1.21 bits per heavy atom. The van der Waals surface area contributed by atoms with E-state index >= 15 is 0 Å². The van der Waals surface area contributed by atoms with Crippen molar-refractivity contribution in [2.45, 2.75) is 17.6 Å². The van der Waals surface area contributed by atoms with Crippen molar-refractivity contribution in [2.24, 2.45) is 0 Å². The molecule has 0 aromatic carbocycles. The highest BCUT2D eigenvalue weighted by Gasteiger charge is 2.64. The fraction of sp³-hybridized carbons (Fsp3) is 1.00. The Morgan fingerprint density at radius 3 is 1.93 bits per heavy atom. The van der Waals surface area contributed by atoms with E-state index in [-0.39, 0.29) is 0 Å². The van der Waals surface area contributed by atoms with Gasteiger partial charge in [-0.1, -0.05) is 0 Å². The summed E-state index contributed by atoms with van der Waals surface area (Å²) < 4.78 is 83.7. The molecule has 0 amide bonds. The molecule has 14 heavy (non-hydrogen) atoms. The first-order valence-corrected chi connectivity index (χ1v) is 4.85. The highest BCUT2D eigenvalue weighted by Crippen LogP contribution is 2.40. The van der Waals surface area contributed by atoms with E-state index in [1.54, 1.807) is 0 Å². The summed E-state index contributed by atoms with van der Waals surface area (Å²) in [4.78, 5) is 0. The number of nitrogens with one attached hydrogen (secondary N) is 1. The maximum Gasteiger partial charge on any atom is 0.420 e. The van der Waals surface area contributed by atoms with Crippen LogP contribution in [0, 0.1) is 0 Å². The molecule has 0 rings (SSSR count). The van der Waals surface area contributed by atoms with Gasteiger partial charge in [0.1, 0.15) is 0 Å². The van der Waals surface area contributed by atoms with Crippen LogP contribution >= 0.6 is 0 Å². The summed E-state index contributed by atoms with van der Waals surface area (Å²) in [6, 6.07) is 0. The Bertz CT molecular complexity index is 288. The SMILES string of the molecule is CNS(=O)(=O)C(F)(F)C(F)(F)CCF. The van der Waals surface area contributed by atoms with E-state index in [0.717, 1.165) is 4.72 Å². The molecule has 0 atom stereocenters. The summed E-state index contributed by atoms with van der Waals surface area (Å²) in [5, 5.41) is -5.32. The predicted octanol–water partition coefficient (Wildman–Crippen LogP) is 1.12. The average molecular weight is 241 g/mol. The van der Waals surface area contributed by atoms with Crippen LogP contribution in [0.2, 0.25) is 0 Å². The first kappa shape index (κ1) is 13.6. The van der Waals surface area contributed by atoms with Crippen LogP contribution in [0.1, 0.15) is 6.42 Å². The van der Waals surface area contributed by atoms with Gasteiger partial charge in [-0.3, -0.25) is 4.39 Å². The molecule has 0 aliphatic heterocycles. The van der Waals surface area contributed by atoms with Crippen molar-refractivity contribution in [3.05, 3.63) is 0 Å². The molecule has 86 valence electrons. The van der Waals surface area contributed by atoms with Crippen LogP contribution in [0.4, 0.5) is 22.0 Å². The standard InChI is InChI=1S/C5H8F5NO2S/c1-11-14(12,13)5(9,10)4(7,8)2-3-6/h11H,2-3H2,1H3. The molecule has 0 saturated carbocycles. The summed E-state index contributed by atoms with van der Waals surface area (Å²) in [6.07, 6.45) is -1.85. The lowest BCUT2D eigenvalue weighted by molar-refractivity contribution is -0.162. The van der Waals surface area contributed by atoms with Crippen molar-refractivity contribution < 1.29 is 30.4 Å². The lowest BCUT2D eigenvalue weighted by Gasteiger charge is -2.24. The molecule has 0 heterocycles. The molecule has 0 spiro atoms. The second-order valence-electron chi connectivity index (χ2n) is 2.37. The number of halogens is 5. The molecular weight excluding hydrogens is 233 g/mol. The van der Waals surface area contributed by atoms with Gasteiger partial charge in [-0.05, 0) is 7.05 Å². The first-order valence-electron chi connectivity index (χ1n) is 3.37.